The fourth-order valence-electron chi connectivity index (χ4n) is 3.67. The molecule has 4 atom stereocenters. The van der Waals surface area contributed by atoms with Gasteiger partial charge in [0.25, 0.3) is 0 Å². The molecule has 0 aliphatic rings. The summed E-state index contributed by atoms with van der Waals surface area (Å²) in [6.45, 7) is 18.7. The number of benzene rings is 1. The highest BCUT2D eigenvalue weighted by Gasteiger charge is 2.34. The lowest BCUT2D eigenvalue weighted by atomic mass is 9.99. The number of carbonyl (C=O) groups is 5. The molecule has 11 heteroatoms. The first-order valence-corrected chi connectivity index (χ1v) is 13.7. The molecule has 0 saturated carbocycles. The molecule has 4 N–H and O–H groups in total. The Kier molecular flexibility index (Phi) is 13.5. The van der Waals surface area contributed by atoms with Gasteiger partial charge in [0.1, 0.15) is 29.8 Å². The summed E-state index contributed by atoms with van der Waals surface area (Å²) < 4.78 is 10.3. The number of esters is 1. The highest BCUT2D eigenvalue weighted by Crippen LogP contribution is 2.11. The van der Waals surface area contributed by atoms with E-state index in [1.54, 1.807) is 60.6 Å². The molecule has 1 rings (SSSR count). The molecule has 0 spiro atoms. The molecule has 0 heterocycles. The number of amides is 4. The Balaban J connectivity index is 3.12. The number of carbonyl (C=O) groups excluding carboxylic acids is 5. The minimum Gasteiger partial charge on any atom is -0.444 e. The average molecular weight is 575 g/mol. The van der Waals surface area contributed by atoms with Crippen molar-refractivity contribution < 1.29 is 33.4 Å². The molecule has 0 aliphatic heterocycles. The molecule has 1 aromatic carbocycles. The van der Waals surface area contributed by atoms with Crippen LogP contribution in [-0.2, 0) is 35.1 Å². The molecular formula is C30H46N4O7. The summed E-state index contributed by atoms with van der Waals surface area (Å²) in [6.07, 6.45) is -0.644. The highest BCUT2D eigenvalue weighted by atomic mass is 16.6. The zero-order valence-electron chi connectivity index (χ0n) is 25.6. The monoisotopic (exact) mass is 574 g/mol. The summed E-state index contributed by atoms with van der Waals surface area (Å²) in [6, 6.07) is 4.99. The fraction of sp³-hybridized carbons (Fsp3) is 0.567. The third-order valence-electron chi connectivity index (χ3n) is 5.78. The van der Waals surface area contributed by atoms with Gasteiger partial charge in [0.05, 0.1) is 5.76 Å². The minimum atomic E-state index is -1.07. The van der Waals surface area contributed by atoms with Crippen molar-refractivity contribution in [1.29, 1.82) is 0 Å². The van der Waals surface area contributed by atoms with Crippen LogP contribution < -0.4 is 21.3 Å². The number of nitrogens with one attached hydrogen (secondary N) is 4. The lowest BCUT2D eigenvalue weighted by molar-refractivity contribution is -0.145. The van der Waals surface area contributed by atoms with Gasteiger partial charge in [-0.25, -0.2) is 9.59 Å². The zero-order chi connectivity index (χ0) is 31.5. The van der Waals surface area contributed by atoms with Crippen LogP contribution in [0.5, 0.6) is 0 Å². The van der Waals surface area contributed by atoms with Gasteiger partial charge in [-0.2, -0.15) is 0 Å². The van der Waals surface area contributed by atoms with Crippen molar-refractivity contribution in [1.82, 2.24) is 21.3 Å². The van der Waals surface area contributed by atoms with Crippen molar-refractivity contribution in [2.24, 2.45) is 11.8 Å². The Bertz CT molecular complexity index is 1080. The Labute approximate surface area is 243 Å². The molecule has 0 bridgehead atoms. The normalized spacial score (nSPS) is 14.2. The first-order valence-electron chi connectivity index (χ1n) is 13.7. The van der Waals surface area contributed by atoms with E-state index in [-0.39, 0.29) is 24.0 Å². The van der Waals surface area contributed by atoms with Gasteiger partial charge < -0.3 is 30.7 Å². The zero-order valence-corrected chi connectivity index (χ0v) is 25.6. The SMILES string of the molecule is C=C(C)OC(=O)[C@H](NC(=O)[C@@H](NC(=O)[C@H](Cc1ccccc1)NC(=O)[C@H](C)NC(=O)OC(C)(C)C)C(C)C)C(C)C. The van der Waals surface area contributed by atoms with Crippen molar-refractivity contribution in [2.75, 3.05) is 0 Å². The van der Waals surface area contributed by atoms with Gasteiger partial charge in [0.2, 0.25) is 17.7 Å². The smallest absolute Gasteiger partial charge is 0.408 e. The van der Waals surface area contributed by atoms with Crippen LogP contribution in [0.25, 0.3) is 0 Å². The van der Waals surface area contributed by atoms with Crippen LogP contribution in [0.4, 0.5) is 4.79 Å². The van der Waals surface area contributed by atoms with Gasteiger partial charge in [0.15, 0.2) is 0 Å². The molecule has 0 unspecified atom stereocenters. The molecule has 11 nitrogen and oxygen atoms in total. The lowest BCUT2D eigenvalue weighted by Gasteiger charge is -2.28. The molecule has 0 aliphatic carbocycles. The van der Waals surface area contributed by atoms with E-state index in [0.717, 1.165) is 5.56 Å². The number of ether oxygens (including phenoxy) is 2. The van der Waals surface area contributed by atoms with Gasteiger partial charge >= 0.3 is 12.1 Å². The van der Waals surface area contributed by atoms with Crippen LogP contribution in [-0.4, -0.2) is 59.6 Å². The maximum atomic E-state index is 13.5. The standard InChI is InChI=1S/C30H46N4O7/c1-17(2)23(27(37)34-24(18(3)4)28(38)40-19(5)6)33-26(36)22(16-21-14-12-11-13-15-21)32-25(35)20(7)31-29(39)41-30(8,9)10/h11-15,17-18,20,22-24H,5,16H2,1-4,6-10H3,(H,31,39)(H,32,35)(H,33,36)(H,34,37)/t20-,22-,23-,24+/m0/s1. The first-order chi connectivity index (χ1) is 18.9. The largest absolute Gasteiger partial charge is 0.444 e. The van der Waals surface area contributed by atoms with Crippen LogP contribution in [0.3, 0.4) is 0 Å². The quantitative estimate of drug-likeness (QED) is 0.209. The van der Waals surface area contributed by atoms with E-state index < -0.39 is 59.6 Å². The Morgan fingerprint density at radius 2 is 1.32 bits per heavy atom. The van der Waals surface area contributed by atoms with E-state index in [1.165, 1.54) is 13.8 Å². The average Bonchev–Trinajstić information content (AvgIpc) is 2.83. The number of hydrogen-bond acceptors (Lipinski definition) is 7. The predicted molar refractivity (Wildman–Crippen MR) is 155 cm³/mol. The number of hydrogen-bond donors (Lipinski definition) is 4. The number of alkyl carbamates (subject to hydrolysis) is 1. The van der Waals surface area contributed by atoms with E-state index in [4.69, 9.17) is 9.47 Å². The van der Waals surface area contributed by atoms with Crippen LogP contribution in [0.2, 0.25) is 0 Å². The highest BCUT2D eigenvalue weighted by molar-refractivity contribution is 5.95. The molecule has 4 amide bonds. The van der Waals surface area contributed by atoms with E-state index in [2.05, 4.69) is 27.8 Å². The first kappa shape index (κ1) is 35.1. The molecule has 228 valence electrons. The lowest BCUT2D eigenvalue weighted by Crippen LogP contribution is -2.59. The van der Waals surface area contributed by atoms with Crippen LogP contribution >= 0.6 is 0 Å². The third kappa shape index (κ3) is 12.9. The Morgan fingerprint density at radius 3 is 1.80 bits per heavy atom. The van der Waals surface area contributed by atoms with Gasteiger partial charge in [-0.15, -0.1) is 0 Å². The summed E-state index contributed by atoms with van der Waals surface area (Å²) in [7, 11) is 0. The van der Waals surface area contributed by atoms with Gasteiger partial charge in [-0.3, -0.25) is 14.4 Å². The van der Waals surface area contributed by atoms with Crippen molar-refractivity contribution in [3.63, 3.8) is 0 Å². The summed E-state index contributed by atoms with van der Waals surface area (Å²) >= 11 is 0. The summed E-state index contributed by atoms with van der Waals surface area (Å²) in [5, 5.41) is 10.5. The van der Waals surface area contributed by atoms with Gasteiger partial charge in [-0.05, 0) is 52.0 Å². The van der Waals surface area contributed by atoms with Crippen LogP contribution in [0.15, 0.2) is 42.7 Å². The molecule has 0 aromatic heterocycles. The summed E-state index contributed by atoms with van der Waals surface area (Å²) in [5.74, 6) is -2.90. The minimum absolute atomic E-state index is 0.129. The van der Waals surface area contributed by atoms with Crippen LogP contribution in [0, 0.1) is 11.8 Å². The van der Waals surface area contributed by atoms with Crippen LogP contribution in [0.1, 0.15) is 67.9 Å². The van der Waals surface area contributed by atoms with Crippen molar-refractivity contribution in [3.8, 4) is 0 Å². The molecule has 0 fully saturated rings. The topological polar surface area (TPSA) is 152 Å². The molecule has 41 heavy (non-hydrogen) atoms. The van der Waals surface area contributed by atoms with E-state index >= 15 is 0 Å². The summed E-state index contributed by atoms with van der Waals surface area (Å²) in [5.41, 5.74) is 0.0202. The number of allylic oxidation sites excluding steroid dienone is 1. The second-order valence-corrected chi connectivity index (χ2v) is 11.7. The second kappa shape index (κ2) is 15.8. The predicted octanol–water partition coefficient (Wildman–Crippen LogP) is 2.99. The number of rotatable bonds is 13. The van der Waals surface area contributed by atoms with E-state index in [0.29, 0.717) is 0 Å². The van der Waals surface area contributed by atoms with Gasteiger partial charge in [-0.1, -0.05) is 64.6 Å². The van der Waals surface area contributed by atoms with E-state index in [1.807, 2.05) is 18.2 Å². The molecule has 0 radical (unpaired) electrons. The van der Waals surface area contributed by atoms with Crippen molar-refractivity contribution >= 4 is 29.8 Å². The van der Waals surface area contributed by atoms with E-state index in [9.17, 15) is 24.0 Å². The Morgan fingerprint density at radius 1 is 0.780 bits per heavy atom. The molecule has 1 aromatic rings. The van der Waals surface area contributed by atoms with Crippen molar-refractivity contribution in [3.05, 3.63) is 48.2 Å². The maximum absolute atomic E-state index is 13.5. The second-order valence-electron chi connectivity index (χ2n) is 11.7. The molecule has 0 saturated heterocycles. The van der Waals surface area contributed by atoms with Crippen molar-refractivity contribution in [2.45, 2.75) is 98.5 Å². The maximum Gasteiger partial charge on any atom is 0.408 e. The fourth-order valence-corrected chi connectivity index (χ4v) is 3.67. The van der Waals surface area contributed by atoms with Gasteiger partial charge in [0, 0.05) is 6.42 Å². The molecular weight excluding hydrogens is 528 g/mol. The summed E-state index contributed by atoms with van der Waals surface area (Å²) in [4.78, 5) is 64.4. The Hall–Kier alpha value is -3.89. The third-order valence-corrected chi connectivity index (χ3v) is 5.78.